The Morgan fingerprint density at radius 1 is 1.53 bits per heavy atom. The second kappa shape index (κ2) is 5.78. The molecule has 2 rings (SSSR count). The third-order valence-electron chi connectivity index (χ3n) is 3.21. The number of aromatic nitrogens is 1. The van der Waals surface area contributed by atoms with Crippen molar-refractivity contribution < 1.29 is 4.74 Å². The molecule has 0 aromatic carbocycles. The van der Waals surface area contributed by atoms with Gasteiger partial charge in [-0.25, -0.2) is 0 Å². The Balaban J connectivity index is 2.02. The molecule has 0 amide bonds. The molecule has 0 spiro atoms. The van der Waals surface area contributed by atoms with Crippen molar-refractivity contribution in [3.63, 3.8) is 0 Å². The molecule has 1 aliphatic rings. The summed E-state index contributed by atoms with van der Waals surface area (Å²) in [6, 6.07) is 2.10. The SMILES string of the molecule is COCCN1CC(c2cncc(Cl)c2)[C@H](N)C1. The molecular weight excluding hydrogens is 238 g/mol. The fourth-order valence-electron chi connectivity index (χ4n) is 2.30. The summed E-state index contributed by atoms with van der Waals surface area (Å²) in [6.45, 7) is 3.52. The summed E-state index contributed by atoms with van der Waals surface area (Å²) in [5.74, 6) is 0.318. The number of pyridine rings is 1. The first-order chi connectivity index (χ1) is 8.20. The Kier molecular flexibility index (Phi) is 4.34. The molecule has 0 bridgehead atoms. The second-order valence-corrected chi connectivity index (χ2v) is 4.90. The van der Waals surface area contributed by atoms with Crippen molar-refractivity contribution in [2.75, 3.05) is 33.4 Å². The molecule has 1 aromatic heterocycles. The lowest BCUT2D eigenvalue weighted by Gasteiger charge is -2.15. The van der Waals surface area contributed by atoms with Crippen molar-refractivity contribution in [1.29, 1.82) is 0 Å². The standard InChI is InChI=1S/C12H18ClN3O/c1-17-3-2-16-7-11(12(14)8-16)9-4-10(13)6-15-5-9/h4-6,11-12H,2-3,7-8,14H2,1H3/t11?,12-/m1/s1. The van der Waals surface area contributed by atoms with Gasteiger partial charge < -0.3 is 10.5 Å². The van der Waals surface area contributed by atoms with Gasteiger partial charge in [0.15, 0.2) is 0 Å². The largest absolute Gasteiger partial charge is 0.383 e. The number of methoxy groups -OCH3 is 1. The van der Waals surface area contributed by atoms with Gasteiger partial charge in [0.25, 0.3) is 0 Å². The fourth-order valence-corrected chi connectivity index (χ4v) is 2.48. The summed E-state index contributed by atoms with van der Waals surface area (Å²) in [7, 11) is 1.72. The highest BCUT2D eigenvalue weighted by Crippen LogP contribution is 2.27. The summed E-state index contributed by atoms with van der Waals surface area (Å²) in [5.41, 5.74) is 7.30. The van der Waals surface area contributed by atoms with Gasteiger partial charge in [0, 0.05) is 51.1 Å². The first-order valence-corrected chi connectivity index (χ1v) is 6.16. The van der Waals surface area contributed by atoms with Gasteiger partial charge in [-0.2, -0.15) is 0 Å². The first kappa shape index (κ1) is 12.8. The van der Waals surface area contributed by atoms with Gasteiger partial charge in [0.2, 0.25) is 0 Å². The minimum Gasteiger partial charge on any atom is -0.383 e. The molecule has 2 atom stereocenters. The predicted octanol–water partition coefficient (Wildman–Crippen LogP) is 1.11. The van der Waals surface area contributed by atoms with Crippen LogP contribution in [0.3, 0.4) is 0 Å². The molecule has 1 aliphatic heterocycles. The van der Waals surface area contributed by atoms with Crippen molar-refractivity contribution in [2.24, 2.45) is 5.73 Å². The Labute approximate surface area is 107 Å². The molecule has 1 unspecified atom stereocenters. The molecule has 5 heteroatoms. The van der Waals surface area contributed by atoms with Crippen LogP contribution in [0.2, 0.25) is 5.02 Å². The van der Waals surface area contributed by atoms with Crippen LogP contribution in [-0.4, -0.2) is 49.3 Å². The number of rotatable bonds is 4. The summed E-state index contributed by atoms with van der Waals surface area (Å²) in [6.07, 6.45) is 3.50. The van der Waals surface area contributed by atoms with E-state index in [0.29, 0.717) is 10.9 Å². The molecule has 0 radical (unpaired) electrons. The van der Waals surface area contributed by atoms with E-state index in [1.807, 2.05) is 12.3 Å². The number of hydrogen-bond donors (Lipinski definition) is 1. The van der Waals surface area contributed by atoms with Crippen LogP contribution in [0.4, 0.5) is 0 Å². The van der Waals surface area contributed by atoms with Crippen LogP contribution in [0.15, 0.2) is 18.5 Å². The number of nitrogens with zero attached hydrogens (tertiary/aromatic N) is 2. The average molecular weight is 256 g/mol. The van der Waals surface area contributed by atoms with E-state index in [-0.39, 0.29) is 6.04 Å². The average Bonchev–Trinajstić information content (AvgIpc) is 2.68. The van der Waals surface area contributed by atoms with Crippen molar-refractivity contribution in [1.82, 2.24) is 9.88 Å². The number of halogens is 1. The highest BCUT2D eigenvalue weighted by molar-refractivity contribution is 6.30. The van der Waals surface area contributed by atoms with Crippen LogP contribution in [-0.2, 0) is 4.74 Å². The Morgan fingerprint density at radius 3 is 3.06 bits per heavy atom. The van der Waals surface area contributed by atoms with Crippen molar-refractivity contribution >= 4 is 11.6 Å². The van der Waals surface area contributed by atoms with Gasteiger partial charge in [-0.3, -0.25) is 9.88 Å². The third kappa shape index (κ3) is 3.16. The molecular formula is C12H18ClN3O. The fraction of sp³-hybridized carbons (Fsp3) is 0.583. The quantitative estimate of drug-likeness (QED) is 0.876. The summed E-state index contributed by atoms with van der Waals surface area (Å²) in [4.78, 5) is 6.44. The minimum absolute atomic E-state index is 0.145. The van der Waals surface area contributed by atoms with Gasteiger partial charge in [-0.1, -0.05) is 11.6 Å². The van der Waals surface area contributed by atoms with Crippen LogP contribution in [0.5, 0.6) is 0 Å². The second-order valence-electron chi connectivity index (χ2n) is 4.46. The summed E-state index contributed by atoms with van der Waals surface area (Å²) < 4.78 is 5.08. The Bertz CT molecular complexity index is 375. The van der Waals surface area contributed by atoms with Gasteiger partial charge in [-0.15, -0.1) is 0 Å². The molecule has 2 heterocycles. The van der Waals surface area contributed by atoms with E-state index >= 15 is 0 Å². The van der Waals surface area contributed by atoms with Crippen LogP contribution < -0.4 is 5.73 Å². The molecule has 17 heavy (non-hydrogen) atoms. The smallest absolute Gasteiger partial charge is 0.0592 e. The Hall–Kier alpha value is -0.680. The predicted molar refractivity (Wildman–Crippen MR) is 68.3 cm³/mol. The number of hydrogen-bond acceptors (Lipinski definition) is 4. The van der Waals surface area contributed by atoms with Gasteiger partial charge in [-0.05, 0) is 11.6 Å². The van der Waals surface area contributed by atoms with Crippen molar-refractivity contribution in [3.8, 4) is 0 Å². The zero-order chi connectivity index (χ0) is 12.3. The number of nitrogens with two attached hydrogens (primary N) is 1. The van der Waals surface area contributed by atoms with Gasteiger partial charge in [0.05, 0.1) is 11.6 Å². The molecule has 2 N–H and O–H groups in total. The number of likely N-dealkylation sites (tertiary alicyclic amines) is 1. The number of ether oxygens (including phenoxy) is 1. The maximum atomic E-state index is 6.17. The summed E-state index contributed by atoms with van der Waals surface area (Å²) in [5, 5.41) is 0.671. The van der Waals surface area contributed by atoms with Gasteiger partial charge >= 0.3 is 0 Å². The van der Waals surface area contributed by atoms with Crippen LogP contribution in [0.25, 0.3) is 0 Å². The first-order valence-electron chi connectivity index (χ1n) is 5.78. The zero-order valence-electron chi connectivity index (χ0n) is 9.97. The third-order valence-corrected chi connectivity index (χ3v) is 3.41. The minimum atomic E-state index is 0.145. The van der Waals surface area contributed by atoms with Crippen molar-refractivity contribution in [2.45, 2.75) is 12.0 Å². The maximum Gasteiger partial charge on any atom is 0.0592 e. The van der Waals surface area contributed by atoms with E-state index in [1.54, 1.807) is 13.3 Å². The van der Waals surface area contributed by atoms with Crippen molar-refractivity contribution in [3.05, 3.63) is 29.0 Å². The van der Waals surface area contributed by atoms with Gasteiger partial charge in [0.1, 0.15) is 0 Å². The zero-order valence-corrected chi connectivity index (χ0v) is 10.7. The lowest BCUT2D eigenvalue weighted by molar-refractivity contribution is 0.160. The highest BCUT2D eigenvalue weighted by Gasteiger charge is 2.31. The summed E-state index contributed by atoms with van der Waals surface area (Å²) >= 11 is 5.95. The van der Waals surface area contributed by atoms with Crippen LogP contribution in [0.1, 0.15) is 11.5 Å². The lowest BCUT2D eigenvalue weighted by atomic mass is 9.97. The van der Waals surface area contributed by atoms with E-state index in [9.17, 15) is 0 Å². The Morgan fingerprint density at radius 2 is 2.35 bits per heavy atom. The van der Waals surface area contributed by atoms with Crippen LogP contribution in [0, 0.1) is 0 Å². The van der Waals surface area contributed by atoms with E-state index < -0.39 is 0 Å². The molecule has 1 saturated heterocycles. The molecule has 4 nitrogen and oxygen atoms in total. The molecule has 0 saturated carbocycles. The van der Waals surface area contributed by atoms with E-state index in [2.05, 4.69) is 9.88 Å². The topological polar surface area (TPSA) is 51.4 Å². The lowest BCUT2D eigenvalue weighted by Crippen LogP contribution is -2.30. The van der Waals surface area contributed by atoms with E-state index in [1.165, 1.54) is 0 Å². The molecule has 0 aliphatic carbocycles. The van der Waals surface area contributed by atoms with E-state index in [0.717, 1.165) is 31.8 Å². The van der Waals surface area contributed by atoms with Crippen LogP contribution >= 0.6 is 11.6 Å². The molecule has 94 valence electrons. The normalized spacial score (nSPS) is 25.4. The van der Waals surface area contributed by atoms with E-state index in [4.69, 9.17) is 22.1 Å². The molecule has 1 fully saturated rings. The molecule has 1 aromatic rings. The maximum absolute atomic E-state index is 6.17. The highest BCUT2D eigenvalue weighted by atomic mass is 35.5. The monoisotopic (exact) mass is 255 g/mol.